The number of nitrogens with zero attached hydrogens (tertiary/aromatic N) is 2. The quantitative estimate of drug-likeness (QED) is 0.567. The maximum absolute atomic E-state index is 13.0. The highest BCUT2D eigenvalue weighted by atomic mass is 35.5. The minimum Gasteiger partial charge on any atom is -0.325 e. The molecule has 1 unspecified atom stereocenters. The summed E-state index contributed by atoms with van der Waals surface area (Å²) in [7, 11) is 0. The molecule has 2 aromatic heterocycles. The van der Waals surface area contributed by atoms with Crippen molar-refractivity contribution < 1.29 is 4.79 Å². The van der Waals surface area contributed by atoms with Crippen molar-refractivity contribution in [2.24, 2.45) is 0 Å². The smallest absolute Gasteiger partial charge is 0.273 e. The van der Waals surface area contributed by atoms with Gasteiger partial charge in [-0.2, -0.15) is 5.10 Å². The number of H-pyrrole nitrogens is 1. The Hall–Kier alpha value is -2.11. The van der Waals surface area contributed by atoms with E-state index >= 15 is 0 Å². The zero-order chi connectivity index (χ0) is 18.1. The van der Waals surface area contributed by atoms with Gasteiger partial charge in [-0.05, 0) is 30.0 Å². The molecular formula is C20H20ClN3OS. The highest BCUT2D eigenvalue weighted by Crippen LogP contribution is 2.44. The number of halogens is 1. The van der Waals surface area contributed by atoms with Gasteiger partial charge in [-0.15, -0.1) is 11.3 Å². The van der Waals surface area contributed by atoms with Crippen molar-refractivity contribution >= 4 is 28.8 Å². The minimum absolute atomic E-state index is 0.0437. The Morgan fingerprint density at radius 2 is 2.04 bits per heavy atom. The highest BCUT2D eigenvalue weighted by Gasteiger charge is 2.42. The fraction of sp³-hybridized carbons (Fsp3) is 0.300. The van der Waals surface area contributed by atoms with Crippen LogP contribution in [0.3, 0.4) is 0 Å². The summed E-state index contributed by atoms with van der Waals surface area (Å²) >= 11 is 7.71. The van der Waals surface area contributed by atoms with E-state index in [2.05, 4.69) is 28.6 Å². The number of rotatable bonds is 6. The predicted octanol–water partition coefficient (Wildman–Crippen LogP) is 5.53. The Morgan fingerprint density at radius 1 is 1.23 bits per heavy atom. The Bertz CT molecular complexity index is 902. The zero-order valence-electron chi connectivity index (χ0n) is 14.5. The molecule has 134 valence electrons. The van der Waals surface area contributed by atoms with Crippen molar-refractivity contribution in [1.82, 2.24) is 15.1 Å². The van der Waals surface area contributed by atoms with Gasteiger partial charge in [0.1, 0.15) is 5.69 Å². The van der Waals surface area contributed by atoms with E-state index < -0.39 is 0 Å². The lowest BCUT2D eigenvalue weighted by atomic mass is 10.0. The maximum Gasteiger partial charge on any atom is 0.273 e. The number of hydrogen-bond donors (Lipinski definition) is 1. The number of carbonyl (C=O) groups excluding carboxylic acids is 1. The number of nitrogens with one attached hydrogen (secondary N) is 1. The standard InChI is InChI=1S/C20H20ClN3OS/c1-2-3-4-11-24-19(15-6-5-12-26-15)16-17(22-23-18(16)20(24)25)13-7-9-14(21)10-8-13/h5-10,12,19H,2-4,11H2,1H3,(H,22,23). The zero-order valence-corrected chi connectivity index (χ0v) is 16.1. The van der Waals surface area contributed by atoms with Crippen LogP contribution >= 0.6 is 22.9 Å². The SMILES string of the molecule is CCCCCN1C(=O)c2[nH]nc(-c3ccc(Cl)cc3)c2C1c1cccs1. The third-order valence-electron chi connectivity index (χ3n) is 4.80. The minimum atomic E-state index is -0.0706. The molecule has 0 aliphatic carbocycles. The lowest BCUT2D eigenvalue weighted by Crippen LogP contribution is -2.30. The van der Waals surface area contributed by atoms with Crippen molar-refractivity contribution in [3.05, 3.63) is 62.9 Å². The fourth-order valence-electron chi connectivity index (χ4n) is 3.53. The maximum atomic E-state index is 13.0. The van der Waals surface area contributed by atoms with E-state index in [9.17, 15) is 4.79 Å². The van der Waals surface area contributed by atoms with E-state index in [-0.39, 0.29) is 11.9 Å². The second kappa shape index (κ2) is 7.25. The molecule has 3 aromatic rings. The van der Waals surface area contributed by atoms with Crippen molar-refractivity contribution in [3.63, 3.8) is 0 Å². The monoisotopic (exact) mass is 385 g/mol. The van der Waals surface area contributed by atoms with Crippen LogP contribution in [-0.4, -0.2) is 27.5 Å². The van der Waals surface area contributed by atoms with E-state index in [1.165, 1.54) is 4.88 Å². The molecule has 3 heterocycles. The molecule has 26 heavy (non-hydrogen) atoms. The normalized spacial score (nSPS) is 16.3. The number of fused-ring (bicyclic) bond motifs is 1. The molecule has 0 saturated carbocycles. The summed E-state index contributed by atoms with van der Waals surface area (Å²) in [6, 6.07) is 11.7. The number of aromatic nitrogens is 2. The molecule has 1 aromatic carbocycles. The molecule has 4 rings (SSSR count). The second-order valence-electron chi connectivity index (χ2n) is 6.49. The summed E-state index contributed by atoms with van der Waals surface area (Å²) < 4.78 is 0. The molecule has 6 heteroatoms. The lowest BCUT2D eigenvalue weighted by molar-refractivity contribution is 0.0742. The first kappa shape index (κ1) is 17.3. The van der Waals surface area contributed by atoms with Crippen molar-refractivity contribution in [2.75, 3.05) is 6.54 Å². The molecule has 1 aliphatic rings. The summed E-state index contributed by atoms with van der Waals surface area (Å²) in [5.74, 6) is 0.0437. The summed E-state index contributed by atoms with van der Waals surface area (Å²) in [5.41, 5.74) is 3.40. The van der Waals surface area contributed by atoms with Crippen LogP contribution in [0.25, 0.3) is 11.3 Å². The van der Waals surface area contributed by atoms with Gasteiger partial charge in [0.25, 0.3) is 5.91 Å². The first-order valence-corrected chi connectivity index (χ1v) is 10.1. The number of amides is 1. The predicted molar refractivity (Wildman–Crippen MR) is 106 cm³/mol. The Kier molecular flexibility index (Phi) is 4.83. The Labute approximate surface area is 161 Å². The highest BCUT2D eigenvalue weighted by molar-refractivity contribution is 7.10. The average Bonchev–Trinajstić information content (AvgIpc) is 3.35. The van der Waals surface area contributed by atoms with Gasteiger partial charge in [-0.25, -0.2) is 0 Å². The van der Waals surface area contributed by atoms with Gasteiger partial charge in [-0.3, -0.25) is 9.89 Å². The lowest BCUT2D eigenvalue weighted by Gasteiger charge is -2.25. The molecule has 4 nitrogen and oxygen atoms in total. The molecular weight excluding hydrogens is 366 g/mol. The van der Waals surface area contributed by atoms with Crippen LogP contribution in [0.5, 0.6) is 0 Å². The van der Waals surface area contributed by atoms with Gasteiger partial charge >= 0.3 is 0 Å². The fourth-order valence-corrected chi connectivity index (χ4v) is 4.50. The largest absolute Gasteiger partial charge is 0.325 e. The Morgan fingerprint density at radius 3 is 2.73 bits per heavy atom. The van der Waals surface area contributed by atoms with Gasteiger partial charge in [-0.1, -0.05) is 49.6 Å². The molecule has 0 fully saturated rings. The van der Waals surface area contributed by atoms with Gasteiger partial charge in [0.05, 0.1) is 11.7 Å². The van der Waals surface area contributed by atoms with E-state index in [1.54, 1.807) is 11.3 Å². The summed E-state index contributed by atoms with van der Waals surface area (Å²) in [6.07, 6.45) is 3.27. The Balaban J connectivity index is 1.78. The number of carbonyl (C=O) groups is 1. The van der Waals surface area contributed by atoms with Crippen LogP contribution in [-0.2, 0) is 0 Å². The summed E-state index contributed by atoms with van der Waals surface area (Å²) in [6.45, 7) is 2.94. The first-order chi connectivity index (χ1) is 12.7. The van der Waals surface area contributed by atoms with E-state index in [0.29, 0.717) is 10.7 Å². The number of benzene rings is 1. The van der Waals surface area contributed by atoms with E-state index in [1.807, 2.05) is 35.2 Å². The molecule has 1 atom stereocenters. The number of unbranched alkanes of at least 4 members (excludes halogenated alkanes) is 2. The van der Waals surface area contributed by atoms with Gasteiger partial charge in [0, 0.05) is 27.6 Å². The first-order valence-electron chi connectivity index (χ1n) is 8.89. The second-order valence-corrected chi connectivity index (χ2v) is 7.91. The van der Waals surface area contributed by atoms with Crippen LogP contribution in [0, 0.1) is 0 Å². The molecule has 1 amide bonds. The van der Waals surface area contributed by atoms with Gasteiger partial charge in [0.15, 0.2) is 0 Å². The molecule has 0 radical (unpaired) electrons. The molecule has 0 saturated heterocycles. The topological polar surface area (TPSA) is 49.0 Å². The van der Waals surface area contributed by atoms with E-state index in [0.717, 1.165) is 42.6 Å². The van der Waals surface area contributed by atoms with Gasteiger partial charge < -0.3 is 4.90 Å². The van der Waals surface area contributed by atoms with E-state index in [4.69, 9.17) is 11.6 Å². The van der Waals surface area contributed by atoms with Crippen LogP contribution in [0.15, 0.2) is 41.8 Å². The van der Waals surface area contributed by atoms with Crippen LogP contribution < -0.4 is 0 Å². The third-order valence-corrected chi connectivity index (χ3v) is 5.97. The molecule has 1 aliphatic heterocycles. The summed E-state index contributed by atoms with van der Waals surface area (Å²) in [5, 5.41) is 10.2. The average molecular weight is 386 g/mol. The van der Waals surface area contributed by atoms with Crippen molar-refractivity contribution in [2.45, 2.75) is 32.2 Å². The summed E-state index contributed by atoms with van der Waals surface area (Å²) in [4.78, 5) is 16.2. The molecule has 0 spiro atoms. The van der Waals surface area contributed by atoms with Gasteiger partial charge in [0.2, 0.25) is 0 Å². The van der Waals surface area contributed by atoms with Crippen molar-refractivity contribution in [3.8, 4) is 11.3 Å². The number of aromatic amines is 1. The van der Waals surface area contributed by atoms with Crippen LogP contribution in [0.4, 0.5) is 0 Å². The molecule has 1 N–H and O–H groups in total. The molecule has 0 bridgehead atoms. The van der Waals surface area contributed by atoms with Crippen molar-refractivity contribution in [1.29, 1.82) is 0 Å². The third kappa shape index (κ3) is 2.95. The van der Waals surface area contributed by atoms with Crippen LogP contribution in [0.2, 0.25) is 5.02 Å². The number of hydrogen-bond acceptors (Lipinski definition) is 3. The number of thiophene rings is 1. The van der Waals surface area contributed by atoms with Crippen LogP contribution in [0.1, 0.15) is 53.2 Å².